The van der Waals surface area contributed by atoms with Gasteiger partial charge < -0.3 is 10.6 Å². The molecule has 100 valence electrons. The summed E-state index contributed by atoms with van der Waals surface area (Å²) in [6.45, 7) is 6.58. The Morgan fingerprint density at radius 2 is 1.94 bits per heavy atom. The molecule has 18 heavy (non-hydrogen) atoms. The summed E-state index contributed by atoms with van der Waals surface area (Å²) >= 11 is 9.50. The Bertz CT molecular complexity index is 399. The predicted molar refractivity (Wildman–Crippen MR) is 82.5 cm³/mol. The van der Waals surface area contributed by atoms with Crippen molar-refractivity contribution in [1.29, 1.82) is 0 Å². The molecule has 1 rings (SSSR count). The number of rotatable bonds is 5. The average Bonchev–Trinajstić information content (AvgIpc) is 2.34. The molecule has 5 heteroatoms. The Kier molecular flexibility index (Phi) is 7.13. The topological polar surface area (TPSA) is 36.4 Å². The Morgan fingerprint density at radius 1 is 1.28 bits per heavy atom. The van der Waals surface area contributed by atoms with Crippen LogP contribution in [0.4, 0.5) is 0 Å². The highest BCUT2D eigenvalue weighted by molar-refractivity contribution is 9.10. The van der Waals surface area contributed by atoms with Crippen LogP contribution in [-0.2, 0) is 6.42 Å². The highest BCUT2D eigenvalue weighted by Gasteiger charge is 2.01. The molecule has 0 unspecified atom stereocenters. The second-order valence-corrected chi connectivity index (χ2v) is 5.07. The minimum absolute atomic E-state index is 0.730. The number of guanidine groups is 1. The molecule has 0 amide bonds. The molecule has 0 spiro atoms. The van der Waals surface area contributed by atoms with E-state index in [1.54, 1.807) is 0 Å². The fraction of sp³-hybridized carbons (Fsp3) is 0.462. The second kappa shape index (κ2) is 8.38. The first-order valence-electron chi connectivity index (χ1n) is 6.13. The highest BCUT2D eigenvalue weighted by atomic mass is 79.9. The normalized spacial score (nSPS) is 10.0. The molecule has 0 radical (unpaired) electrons. The molecule has 0 bridgehead atoms. The van der Waals surface area contributed by atoms with Crippen LogP contribution in [0, 0.1) is 0 Å². The zero-order valence-electron chi connectivity index (χ0n) is 10.8. The van der Waals surface area contributed by atoms with Gasteiger partial charge in [-0.05, 0) is 44.0 Å². The monoisotopic (exact) mass is 331 g/mol. The minimum Gasteiger partial charge on any atom is -0.357 e. The van der Waals surface area contributed by atoms with Crippen molar-refractivity contribution in [3.8, 4) is 0 Å². The number of hydrogen-bond acceptors (Lipinski definition) is 1. The van der Waals surface area contributed by atoms with Crippen molar-refractivity contribution < 1.29 is 0 Å². The van der Waals surface area contributed by atoms with Crippen LogP contribution in [0.1, 0.15) is 19.4 Å². The van der Waals surface area contributed by atoms with Gasteiger partial charge in [0, 0.05) is 29.1 Å². The summed E-state index contributed by atoms with van der Waals surface area (Å²) in [5, 5.41) is 7.15. The summed E-state index contributed by atoms with van der Waals surface area (Å²) in [7, 11) is 0. The maximum atomic E-state index is 5.98. The zero-order chi connectivity index (χ0) is 13.4. The molecular formula is C13H19BrClN3. The van der Waals surface area contributed by atoms with Crippen LogP contribution >= 0.6 is 27.5 Å². The van der Waals surface area contributed by atoms with Crippen molar-refractivity contribution in [2.45, 2.75) is 20.3 Å². The zero-order valence-corrected chi connectivity index (χ0v) is 13.1. The summed E-state index contributed by atoms with van der Waals surface area (Å²) in [5.41, 5.74) is 1.18. The van der Waals surface area contributed by atoms with Crippen LogP contribution in [-0.4, -0.2) is 25.6 Å². The molecule has 0 aliphatic heterocycles. The number of benzene rings is 1. The quantitative estimate of drug-likeness (QED) is 0.641. The smallest absolute Gasteiger partial charge is 0.191 e. The number of hydrogen-bond donors (Lipinski definition) is 2. The van der Waals surface area contributed by atoms with Gasteiger partial charge in [0.2, 0.25) is 0 Å². The average molecular weight is 333 g/mol. The van der Waals surface area contributed by atoms with Crippen molar-refractivity contribution in [1.82, 2.24) is 10.6 Å². The summed E-state index contributed by atoms with van der Waals surface area (Å²) < 4.78 is 1.08. The molecule has 0 heterocycles. The number of nitrogens with one attached hydrogen (secondary N) is 2. The second-order valence-electron chi connectivity index (χ2n) is 3.78. The van der Waals surface area contributed by atoms with E-state index in [0.717, 1.165) is 41.5 Å². The third-order valence-electron chi connectivity index (χ3n) is 2.35. The largest absolute Gasteiger partial charge is 0.357 e. The van der Waals surface area contributed by atoms with E-state index in [1.807, 2.05) is 18.2 Å². The van der Waals surface area contributed by atoms with Gasteiger partial charge in [0.05, 0.1) is 0 Å². The lowest BCUT2D eigenvalue weighted by Gasteiger charge is -2.09. The molecule has 0 atom stereocenters. The predicted octanol–water partition coefficient (Wildman–Crippen LogP) is 3.22. The Balaban J connectivity index is 2.57. The molecule has 0 saturated heterocycles. The van der Waals surface area contributed by atoms with Crippen LogP contribution in [0.25, 0.3) is 0 Å². The van der Waals surface area contributed by atoms with Crippen molar-refractivity contribution in [3.63, 3.8) is 0 Å². The van der Waals surface area contributed by atoms with Gasteiger partial charge in [0.1, 0.15) is 0 Å². The van der Waals surface area contributed by atoms with Crippen LogP contribution < -0.4 is 10.6 Å². The molecule has 0 fully saturated rings. The van der Waals surface area contributed by atoms with Gasteiger partial charge in [-0.15, -0.1) is 0 Å². The van der Waals surface area contributed by atoms with E-state index in [9.17, 15) is 0 Å². The molecule has 1 aromatic carbocycles. The van der Waals surface area contributed by atoms with Gasteiger partial charge in [-0.25, -0.2) is 0 Å². The molecular weight excluding hydrogens is 314 g/mol. The molecule has 1 aromatic rings. The summed E-state index contributed by atoms with van der Waals surface area (Å²) in [4.78, 5) is 4.50. The summed E-state index contributed by atoms with van der Waals surface area (Å²) in [6, 6.07) is 5.82. The van der Waals surface area contributed by atoms with Gasteiger partial charge in [0.25, 0.3) is 0 Å². The van der Waals surface area contributed by atoms with E-state index < -0.39 is 0 Å². The molecule has 0 aromatic heterocycles. The first-order chi connectivity index (χ1) is 8.67. The highest BCUT2D eigenvalue weighted by Crippen LogP contribution is 2.21. The third kappa shape index (κ3) is 5.27. The number of aliphatic imine (C=N–C) groups is 1. The van der Waals surface area contributed by atoms with Crippen molar-refractivity contribution in [2.75, 3.05) is 19.6 Å². The van der Waals surface area contributed by atoms with Gasteiger partial charge in [-0.2, -0.15) is 0 Å². The standard InChI is InChI=1S/C13H19BrClN3/c1-3-16-13(17-4-2)18-8-7-10-9-11(15)5-6-12(10)14/h5-6,9H,3-4,7-8H2,1-2H3,(H2,16,17,18). The van der Waals surface area contributed by atoms with E-state index in [4.69, 9.17) is 11.6 Å². The first-order valence-corrected chi connectivity index (χ1v) is 7.30. The lowest BCUT2D eigenvalue weighted by molar-refractivity contribution is 0.832. The maximum Gasteiger partial charge on any atom is 0.191 e. The lowest BCUT2D eigenvalue weighted by atomic mass is 10.1. The maximum absolute atomic E-state index is 5.98. The van der Waals surface area contributed by atoms with Crippen molar-refractivity contribution in [2.24, 2.45) is 4.99 Å². The van der Waals surface area contributed by atoms with E-state index in [1.165, 1.54) is 5.56 Å². The summed E-state index contributed by atoms with van der Waals surface area (Å²) in [6.07, 6.45) is 0.863. The van der Waals surface area contributed by atoms with E-state index in [-0.39, 0.29) is 0 Å². The Morgan fingerprint density at radius 3 is 2.56 bits per heavy atom. The molecule has 0 aliphatic rings. The Hall–Kier alpha value is -0.740. The van der Waals surface area contributed by atoms with Gasteiger partial charge in [-0.3, -0.25) is 4.99 Å². The number of nitrogens with zero attached hydrogens (tertiary/aromatic N) is 1. The fourth-order valence-corrected chi connectivity index (χ4v) is 2.17. The van der Waals surface area contributed by atoms with Crippen LogP contribution in [0.5, 0.6) is 0 Å². The van der Waals surface area contributed by atoms with E-state index >= 15 is 0 Å². The first kappa shape index (κ1) is 15.3. The van der Waals surface area contributed by atoms with E-state index in [0.29, 0.717) is 0 Å². The summed E-state index contributed by atoms with van der Waals surface area (Å²) in [5.74, 6) is 0.859. The lowest BCUT2D eigenvalue weighted by Crippen LogP contribution is -2.37. The van der Waals surface area contributed by atoms with E-state index in [2.05, 4.69) is 45.4 Å². The molecule has 3 nitrogen and oxygen atoms in total. The third-order valence-corrected chi connectivity index (χ3v) is 3.36. The minimum atomic E-state index is 0.730. The van der Waals surface area contributed by atoms with Crippen LogP contribution in [0.3, 0.4) is 0 Å². The van der Waals surface area contributed by atoms with Crippen LogP contribution in [0.2, 0.25) is 5.02 Å². The molecule has 0 aliphatic carbocycles. The fourth-order valence-electron chi connectivity index (χ4n) is 1.53. The Labute approximate surface area is 122 Å². The van der Waals surface area contributed by atoms with Gasteiger partial charge >= 0.3 is 0 Å². The molecule has 2 N–H and O–H groups in total. The SMILES string of the molecule is CCNC(=NCCc1cc(Cl)ccc1Br)NCC. The van der Waals surface area contributed by atoms with Crippen molar-refractivity contribution >= 4 is 33.5 Å². The molecule has 0 saturated carbocycles. The van der Waals surface area contributed by atoms with Crippen LogP contribution in [0.15, 0.2) is 27.7 Å². The van der Waals surface area contributed by atoms with Crippen molar-refractivity contribution in [3.05, 3.63) is 33.3 Å². The van der Waals surface area contributed by atoms with Gasteiger partial charge in [-0.1, -0.05) is 27.5 Å². The number of halogens is 2. The van der Waals surface area contributed by atoms with Gasteiger partial charge in [0.15, 0.2) is 5.96 Å².